The molecule has 0 amide bonds. The van der Waals surface area contributed by atoms with Crippen LogP contribution in [-0.4, -0.2) is 82.6 Å². The van der Waals surface area contributed by atoms with Gasteiger partial charge in [-0.3, -0.25) is 23.2 Å². The Morgan fingerprint density at radius 1 is 0.531 bits per heavy atom. The normalized spacial score (nSPS) is 17.8. The lowest BCUT2D eigenvalue weighted by Crippen LogP contribution is -2.30. The van der Waals surface area contributed by atoms with Crippen molar-refractivity contribution in [2.45, 2.75) is 180 Å². The molecule has 16 heteroatoms. The topological polar surface area (TPSA) is 208 Å². The third-order valence-corrected chi connectivity index (χ3v) is 11.1. The van der Waals surface area contributed by atoms with Crippen molar-refractivity contribution in [1.82, 2.24) is 0 Å². The summed E-state index contributed by atoms with van der Waals surface area (Å²) in [6.45, 7) is 1.58. The van der Waals surface area contributed by atoms with Crippen LogP contribution in [0.25, 0.3) is 0 Å². The molecule has 14 nitrogen and oxygen atoms in total. The zero-order chi connectivity index (χ0) is 47.0. The highest BCUT2D eigenvalue weighted by Gasteiger charge is 2.36. The lowest BCUT2D eigenvalue weighted by Gasteiger charge is -2.20. The van der Waals surface area contributed by atoms with E-state index in [0.717, 1.165) is 70.6 Å². The molecule has 366 valence electrons. The van der Waals surface area contributed by atoms with Crippen molar-refractivity contribution >= 4 is 27.6 Å². The molecule has 0 saturated carbocycles. The van der Waals surface area contributed by atoms with Gasteiger partial charge in [0.2, 0.25) is 0 Å². The maximum atomic E-state index is 12.7. The van der Waals surface area contributed by atoms with Gasteiger partial charge in [0.05, 0.1) is 32.0 Å². The van der Waals surface area contributed by atoms with Crippen LogP contribution in [0.4, 0.5) is 0 Å². The molecule has 0 aliphatic carbocycles. The molecule has 3 unspecified atom stereocenters. The molecule has 0 bridgehead atoms. The third-order valence-electron chi connectivity index (χ3n) is 9.65. The summed E-state index contributed by atoms with van der Waals surface area (Å²) in [5.74, 6) is -1.15. The number of phosphoric ester groups is 2. The Kier molecular flexibility index (Phi) is 36.5. The zero-order valence-corrected chi connectivity index (χ0v) is 40.3. The van der Waals surface area contributed by atoms with E-state index in [1.165, 1.54) is 38.5 Å². The van der Waals surface area contributed by atoms with Crippen molar-refractivity contribution < 1.29 is 66.3 Å². The molecule has 0 spiro atoms. The number of ether oxygens (including phenoxy) is 3. The first kappa shape index (κ1) is 59.3. The molecule has 1 fully saturated rings. The van der Waals surface area contributed by atoms with Crippen LogP contribution in [0.3, 0.4) is 0 Å². The van der Waals surface area contributed by atoms with Gasteiger partial charge in [-0.1, -0.05) is 131 Å². The van der Waals surface area contributed by atoms with Gasteiger partial charge >= 0.3 is 27.6 Å². The number of aliphatic hydroxyl groups excluding tert-OH is 1. The summed E-state index contributed by atoms with van der Waals surface area (Å²) in [4.78, 5) is 52.8. The van der Waals surface area contributed by atoms with Crippen molar-refractivity contribution in [2.24, 2.45) is 0 Å². The number of carbonyl (C=O) groups excluding carboxylic acids is 2. The van der Waals surface area contributed by atoms with Gasteiger partial charge < -0.3 is 34.0 Å². The van der Waals surface area contributed by atoms with Gasteiger partial charge in [0.15, 0.2) is 6.10 Å². The lowest BCUT2D eigenvalue weighted by molar-refractivity contribution is -0.161. The van der Waals surface area contributed by atoms with E-state index < -0.39 is 66.2 Å². The van der Waals surface area contributed by atoms with Crippen LogP contribution in [0.1, 0.15) is 155 Å². The molecule has 1 aliphatic heterocycles. The SMILES string of the molecule is CCCCC/C=C\C/C=C\C/C=C\C/C=C\CCCCCC(=O)O[C@H](COC(=O)CCC/C=C\CC1OC1C/C=C\C/C=C\CCCCC)COP(=O)(O)OC[C@@H](O)COP(=O)(O)O. The molecule has 5 atom stereocenters. The first-order valence-electron chi connectivity index (χ1n) is 23.4. The molecule has 0 aromatic rings. The minimum absolute atomic E-state index is 0.0741. The first-order valence-corrected chi connectivity index (χ1v) is 26.4. The number of hydrogen-bond acceptors (Lipinski definition) is 11. The molecular weight excluding hydrogens is 862 g/mol. The van der Waals surface area contributed by atoms with E-state index in [4.69, 9.17) is 28.5 Å². The predicted octanol–water partition coefficient (Wildman–Crippen LogP) is 11.3. The van der Waals surface area contributed by atoms with Gasteiger partial charge in [0.25, 0.3) is 0 Å². The summed E-state index contributed by atoms with van der Waals surface area (Å²) in [5, 5.41) is 9.77. The second-order valence-corrected chi connectivity index (χ2v) is 18.4. The number of hydrogen-bond donors (Lipinski definition) is 4. The van der Waals surface area contributed by atoms with E-state index in [0.29, 0.717) is 19.3 Å². The quantitative estimate of drug-likeness (QED) is 0.0148. The smallest absolute Gasteiger partial charge is 0.462 e. The fourth-order valence-corrected chi connectivity index (χ4v) is 7.11. The summed E-state index contributed by atoms with van der Waals surface area (Å²) in [5.41, 5.74) is 0. The highest BCUT2D eigenvalue weighted by molar-refractivity contribution is 7.47. The largest absolute Gasteiger partial charge is 0.472 e. The molecule has 1 rings (SSSR count). The van der Waals surface area contributed by atoms with E-state index >= 15 is 0 Å². The Balaban J connectivity index is 2.42. The van der Waals surface area contributed by atoms with Crippen LogP contribution >= 0.6 is 15.6 Å². The molecule has 64 heavy (non-hydrogen) atoms. The number of epoxide rings is 1. The summed E-state index contributed by atoms with van der Waals surface area (Å²) >= 11 is 0. The summed E-state index contributed by atoms with van der Waals surface area (Å²) < 4.78 is 53.6. The van der Waals surface area contributed by atoms with E-state index in [2.05, 4.69) is 102 Å². The molecule has 0 aromatic carbocycles. The maximum Gasteiger partial charge on any atom is 0.472 e. The van der Waals surface area contributed by atoms with Crippen molar-refractivity contribution in [1.29, 1.82) is 0 Å². The van der Waals surface area contributed by atoms with Crippen molar-refractivity contribution in [3.63, 3.8) is 0 Å². The van der Waals surface area contributed by atoms with Gasteiger partial charge in [0.1, 0.15) is 12.7 Å². The minimum atomic E-state index is -4.88. The second kappa shape index (κ2) is 39.4. The van der Waals surface area contributed by atoms with Gasteiger partial charge in [-0.2, -0.15) is 0 Å². The van der Waals surface area contributed by atoms with E-state index in [1.54, 1.807) is 0 Å². The standard InChI is InChI=1S/C48H80O14P2/c1-3-5-7-9-11-13-14-15-16-17-18-19-20-21-22-24-26-28-34-38-48(51)61-44(42-60-64(55,56)59-40-43(49)39-58-63(52,53)54)41-57-47(50)37-33-30-29-32-36-46-45(62-46)35-31-27-25-23-12-10-8-6-4-2/h11-13,15-16,18-19,21-23,27,29,31-32,43-46,49H,3-10,14,17,20,24-26,28,30,33-42H2,1-2H3,(H,55,56)(H2,52,53,54)/b13-11-,16-15-,19-18-,22-21-,23-12-,31-27-,32-29-/t43-,44+,45?,46?/m0/s1. The average molecular weight is 943 g/mol. The molecule has 1 aliphatic rings. The monoisotopic (exact) mass is 943 g/mol. The van der Waals surface area contributed by atoms with Crippen molar-refractivity contribution in [3.05, 3.63) is 85.1 Å². The zero-order valence-electron chi connectivity index (χ0n) is 38.5. The van der Waals surface area contributed by atoms with E-state index in [9.17, 15) is 28.7 Å². The first-order chi connectivity index (χ1) is 30.8. The van der Waals surface area contributed by atoms with Crippen molar-refractivity contribution in [3.8, 4) is 0 Å². The molecule has 1 saturated heterocycles. The number of rotatable bonds is 42. The number of carbonyl (C=O) groups is 2. The van der Waals surface area contributed by atoms with Crippen molar-refractivity contribution in [2.75, 3.05) is 26.4 Å². The Morgan fingerprint density at radius 3 is 1.52 bits per heavy atom. The van der Waals surface area contributed by atoms with Crippen LogP contribution in [0.5, 0.6) is 0 Å². The fourth-order valence-electron chi connectivity index (χ4n) is 5.95. The van der Waals surface area contributed by atoms with Gasteiger partial charge in [-0.05, 0) is 96.3 Å². The predicted molar refractivity (Wildman–Crippen MR) is 252 cm³/mol. The lowest BCUT2D eigenvalue weighted by atomic mass is 10.1. The van der Waals surface area contributed by atoms with E-state index in [-0.39, 0.29) is 25.0 Å². The third kappa shape index (κ3) is 39.6. The molecular formula is C48H80O14P2. The molecule has 0 radical (unpaired) electrons. The Hall–Kier alpha value is -2.74. The Labute approximate surface area is 383 Å². The molecule has 1 heterocycles. The summed E-state index contributed by atoms with van der Waals surface area (Å²) in [6.07, 6.45) is 47.4. The maximum absolute atomic E-state index is 12.7. The van der Waals surface area contributed by atoms with Gasteiger partial charge in [-0.15, -0.1) is 0 Å². The molecule has 4 N–H and O–H groups in total. The number of allylic oxidation sites excluding steroid dienone is 12. The Morgan fingerprint density at radius 2 is 0.969 bits per heavy atom. The van der Waals surface area contributed by atoms with Crippen LogP contribution < -0.4 is 0 Å². The number of unbranched alkanes of at least 4 members (excludes halogenated alkanes) is 10. The molecule has 0 aromatic heterocycles. The number of aliphatic hydroxyl groups is 1. The second-order valence-electron chi connectivity index (χ2n) is 15.7. The summed E-state index contributed by atoms with van der Waals surface area (Å²) in [7, 11) is -9.72. The highest BCUT2D eigenvalue weighted by Crippen LogP contribution is 2.44. The number of esters is 2. The number of phosphoric acid groups is 2. The van der Waals surface area contributed by atoms with Crippen LogP contribution in [-0.2, 0) is 46.5 Å². The Bertz CT molecular complexity index is 1510. The summed E-state index contributed by atoms with van der Waals surface area (Å²) in [6, 6.07) is 0. The average Bonchev–Trinajstić information content (AvgIpc) is 4.02. The highest BCUT2D eigenvalue weighted by atomic mass is 31.2. The van der Waals surface area contributed by atoms with E-state index in [1.807, 2.05) is 6.08 Å². The van der Waals surface area contributed by atoms with Crippen LogP contribution in [0.2, 0.25) is 0 Å². The van der Waals surface area contributed by atoms with Gasteiger partial charge in [-0.25, -0.2) is 9.13 Å². The van der Waals surface area contributed by atoms with Crippen LogP contribution in [0.15, 0.2) is 85.1 Å². The fraction of sp³-hybridized carbons (Fsp3) is 0.667. The van der Waals surface area contributed by atoms with Gasteiger partial charge in [0, 0.05) is 12.8 Å². The minimum Gasteiger partial charge on any atom is -0.462 e. The van der Waals surface area contributed by atoms with Crippen LogP contribution in [0, 0.1) is 0 Å².